The monoisotopic (exact) mass is 478 g/mol. The highest BCUT2D eigenvalue weighted by molar-refractivity contribution is 8.15. The number of hydrogen-bond acceptors (Lipinski definition) is 7. The molecule has 0 bridgehead atoms. The number of sulfonamides is 1. The average Bonchev–Trinajstić information content (AvgIpc) is 3.50. The first-order valence-corrected chi connectivity index (χ1v) is 12.7. The SMILES string of the molecule is COCC(C(N)=O)C1CN=C(c2cc3cccc(N(C)S(=O)(=O)c4cccs4)c3[nH]2)S1. The molecule has 1 aliphatic rings. The van der Waals surface area contributed by atoms with Gasteiger partial charge in [0.1, 0.15) is 9.25 Å². The van der Waals surface area contributed by atoms with Crippen LogP contribution in [0.1, 0.15) is 5.69 Å². The topological polar surface area (TPSA) is 118 Å². The third-order valence-corrected chi connectivity index (χ3v) is 9.65. The number of hydrogen-bond donors (Lipinski definition) is 2. The molecular weight excluding hydrogens is 456 g/mol. The van der Waals surface area contributed by atoms with Crippen molar-refractivity contribution in [2.24, 2.45) is 16.6 Å². The Morgan fingerprint density at radius 1 is 1.39 bits per heavy atom. The van der Waals surface area contributed by atoms with Crippen LogP contribution >= 0.6 is 23.1 Å². The molecule has 0 saturated heterocycles. The van der Waals surface area contributed by atoms with E-state index in [1.165, 1.54) is 34.5 Å². The molecule has 0 radical (unpaired) electrons. The largest absolute Gasteiger partial charge is 0.384 e. The molecule has 8 nitrogen and oxygen atoms in total. The van der Waals surface area contributed by atoms with E-state index in [-0.39, 0.29) is 16.1 Å². The number of rotatable bonds is 8. The third-order valence-electron chi connectivity index (χ3n) is 5.15. The maximum atomic E-state index is 13.0. The van der Waals surface area contributed by atoms with Crippen LogP contribution in [-0.2, 0) is 19.6 Å². The molecule has 0 saturated carbocycles. The molecule has 0 spiro atoms. The molecule has 0 aliphatic carbocycles. The Balaban J connectivity index is 1.64. The van der Waals surface area contributed by atoms with Gasteiger partial charge in [-0.3, -0.25) is 14.1 Å². The molecule has 11 heteroatoms. The number of amides is 1. The molecule has 2 aromatic heterocycles. The van der Waals surface area contributed by atoms with Gasteiger partial charge >= 0.3 is 0 Å². The van der Waals surface area contributed by atoms with E-state index in [2.05, 4.69) is 9.98 Å². The fourth-order valence-corrected chi connectivity index (χ4v) is 7.06. The summed E-state index contributed by atoms with van der Waals surface area (Å²) >= 11 is 2.66. The lowest BCUT2D eigenvalue weighted by Gasteiger charge is -2.19. The Labute approximate surface area is 188 Å². The van der Waals surface area contributed by atoms with E-state index in [9.17, 15) is 13.2 Å². The number of nitrogens with zero attached hydrogens (tertiary/aromatic N) is 2. The number of thiophene rings is 1. The molecule has 1 aliphatic heterocycles. The zero-order chi connectivity index (χ0) is 22.2. The molecule has 31 heavy (non-hydrogen) atoms. The van der Waals surface area contributed by atoms with Crippen molar-refractivity contribution in [2.75, 3.05) is 31.6 Å². The van der Waals surface area contributed by atoms with Crippen LogP contribution in [0.5, 0.6) is 0 Å². The summed E-state index contributed by atoms with van der Waals surface area (Å²) in [6.07, 6.45) is 0. The number of methoxy groups -OCH3 is 1. The number of carbonyl (C=O) groups is 1. The van der Waals surface area contributed by atoms with Crippen molar-refractivity contribution in [3.8, 4) is 0 Å². The number of nitrogens with one attached hydrogen (secondary N) is 1. The predicted octanol–water partition coefficient (Wildman–Crippen LogP) is 2.66. The maximum absolute atomic E-state index is 13.0. The number of H-pyrrole nitrogens is 1. The van der Waals surface area contributed by atoms with Crippen molar-refractivity contribution in [1.82, 2.24) is 4.98 Å². The van der Waals surface area contributed by atoms with Crippen LogP contribution in [0.25, 0.3) is 10.9 Å². The Morgan fingerprint density at radius 3 is 2.87 bits per heavy atom. The maximum Gasteiger partial charge on any atom is 0.273 e. The second kappa shape index (κ2) is 8.65. The summed E-state index contributed by atoms with van der Waals surface area (Å²) in [6, 6.07) is 10.8. The molecule has 4 rings (SSSR count). The van der Waals surface area contributed by atoms with Crippen LogP contribution in [0.4, 0.5) is 5.69 Å². The van der Waals surface area contributed by atoms with Crippen molar-refractivity contribution in [2.45, 2.75) is 9.46 Å². The van der Waals surface area contributed by atoms with Crippen LogP contribution in [-0.4, -0.2) is 56.9 Å². The van der Waals surface area contributed by atoms with Gasteiger partial charge < -0.3 is 15.5 Å². The molecule has 3 N–H and O–H groups in total. The van der Waals surface area contributed by atoms with Crippen molar-refractivity contribution in [3.05, 3.63) is 47.5 Å². The molecule has 2 atom stereocenters. The van der Waals surface area contributed by atoms with Gasteiger partial charge in [-0.25, -0.2) is 8.42 Å². The average molecular weight is 479 g/mol. The van der Waals surface area contributed by atoms with Gasteiger partial charge in [-0.1, -0.05) is 30.0 Å². The van der Waals surface area contributed by atoms with E-state index in [1.54, 1.807) is 30.6 Å². The number of nitrogens with two attached hydrogens (primary N) is 1. The summed E-state index contributed by atoms with van der Waals surface area (Å²) < 4.78 is 32.7. The lowest BCUT2D eigenvalue weighted by atomic mass is 10.1. The third kappa shape index (κ3) is 4.10. The molecule has 164 valence electrons. The number of para-hydroxylation sites is 1. The van der Waals surface area contributed by atoms with E-state index < -0.39 is 21.8 Å². The van der Waals surface area contributed by atoms with Crippen molar-refractivity contribution < 1.29 is 17.9 Å². The van der Waals surface area contributed by atoms with Crippen molar-refractivity contribution in [3.63, 3.8) is 0 Å². The van der Waals surface area contributed by atoms with Gasteiger partial charge in [-0.2, -0.15) is 0 Å². The van der Waals surface area contributed by atoms with Gasteiger partial charge in [0.15, 0.2) is 0 Å². The Morgan fingerprint density at radius 2 is 2.19 bits per heavy atom. The van der Waals surface area contributed by atoms with Gasteiger partial charge in [0.2, 0.25) is 5.91 Å². The zero-order valence-electron chi connectivity index (χ0n) is 16.9. The summed E-state index contributed by atoms with van der Waals surface area (Å²) in [5, 5.41) is 3.28. The highest BCUT2D eigenvalue weighted by atomic mass is 32.2. The van der Waals surface area contributed by atoms with E-state index in [1.807, 2.05) is 18.2 Å². The number of anilines is 1. The first-order chi connectivity index (χ1) is 14.8. The number of ether oxygens (including phenoxy) is 1. The van der Waals surface area contributed by atoms with Crippen LogP contribution < -0.4 is 10.0 Å². The number of aromatic nitrogens is 1. The Bertz CT molecular complexity index is 1230. The summed E-state index contributed by atoms with van der Waals surface area (Å²) in [5.41, 5.74) is 7.56. The van der Waals surface area contributed by atoms with Gasteiger partial charge in [0.25, 0.3) is 10.0 Å². The second-order valence-electron chi connectivity index (χ2n) is 7.10. The summed E-state index contributed by atoms with van der Waals surface area (Å²) in [5.74, 6) is -0.839. The van der Waals surface area contributed by atoms with Crippen LogP contribution in [0.2, 0.25) is 0 Å². The quantitative estimate of drug-likeness (QED) is 0.516. The van der Waals surface area contributed by atoms with E-state index in [4.69, 9.17) is 10.5 Å². The minimum Gasteiger partial charge on any atom is -0.384 e. The smallest absolute Gasteiger partial charge is 0.273 e. The van der Waals surface area contributed by atoms with Gasteiger partial charge in [0, 0.05) is 24.8 Å². The van der Waals surface area contributed by atoms with Crippen LogP contribution in [0, 0.1) is 5.92 Å². The van der Waals surface area contributed by atoms with E-state index >= 15 is 0 Å². The van der Waals surface area contributed by atoms with Gasteiger partial charge in [-0.15, -0.1) is 11.3 Å². The summed E-state index contributed by atoms with van der Waals surface area (Å²) in [7, 11) is -0.570. The molecular formula is C20H22N4O4S3. The Hall–Kier alpha value is -2.34. The minimum absolute atomic E-state index is 0.0970. The second-order valence-corrected chi connectivity index (χ2v) is 11.5. The lowest BCUT2D eigenvalue weighted by Crippen LogP contribution is -2.35. The first kappa shape index (κ1) is 21.9. The van der Waals surface area contributed by atoms with E-state index in [0.717, 1.165) is 16.1 Å². The highest BCUT2D eigenvalue weighted by Crippen LogP contribution is 2.35. The molecule has 0 fully saturated rings. The normalized spacial score (nSPS) is 17.6. The van der Waals surface area contributed by atoms with Gasteiger partial charge in [-0.05, 0) is 23.6 Å². The number of benzene rings is 1. The highest BCUT2D eigenvalue weighted by Gasteiger charge is 2.33. The summed E-state index contributed by atoms with van der Waals surface area (Å²) in [4.78, 5) is 19.7. The number of fused-ring (bicyclic) bond motifs is 1. The first-order valence-electron chi connectivity index (χ1n) is 9.47. The Kier molecular flexibility index (Phi) is 6.11. The molecule has 3 heterocycles. The number of carbonyl (C=O) groups excluding carboxylic acids is 1. The number of aliphatic imine (C=N–C) groups is 1. The lowest BCUT2D eigenvalue weighted by molar-refractivity contribution is -0.123. The predicted molar refractivity (Wildman–Crippen MR) is 126 cm³/mol. The van der Waals surface area contributed by atoms with Gasteiger partial charge in [0.05, 0.1) is 36.0 Å². The summed E-state index contributed by atoms with van der Waals surface area (Å²) in [6.45, 7) is 0.712. The van der Waals surface area contributed by atoms with Crippen molar-refractivity contribution in [1.29, 1.82) is 0 Å². The molecule has 1 aromatic carbocycles. The number of thioether (sulfide) groups is 1. The molecule has 2 unspecified atom stereocenters. The minimum atomic E-state index is -3.65. The van der Waals surface area contributed by atoms with Crippen molar-refractivity contribution >= 4 is 60.7 Å². The molecule has 1 amide bonds. The standard InChI is InChI=1S/C20H22N4O4S3/c1-24(31(26,27)17-7-4-8-29-17)15-6-3-5-12-9-14(23-18(12)15)20-22-10-16(30-20)13(11-28-2)19(21)25/h3-9,13,16,23H,10-11H2,1-2H3,(H2,21,25). The van der Waals surface area contributed by atoms with Crippen LogP contribution in [0.3, 0.4) is 0 Å². The number of primary amides is 1. The zero-order valence-corrected chi connectivity index (χ0v) is 19.4. The fraction of sp³-hybridized carbons (Fsp3) is 0.300. The van der Waals surface area contributed by atoms with Crippen LogP contribution in [0.15, 0.2) is 51.0 Å². The fourth-order valence-electron chi connectivity index (χ4n) is 3.49. The van der Waals surface area contributed by atoms with E-state index in [0.29, 0.717) is 17.7 Å². The number of aromatic amines is 1. The molecule has 3 aromatic rings.